The van der Waals surface area contributed by atoms with E-state index in [1.54, 1.807) is 11.7 Å². The lowest BCUT2D eigenvalue weighted by molar-refractivity contribution is 0.0933. The van der Waals surface area contributed by atoms with Crippen molar-refractivity contribution in [3.05, 3.63) is 35.9 Å². The van der Waals surface area contributed by atoms with Crippen LogP contribution in [0.3, 0.4) is 0 Å². The summed E-state index contributed by atoms with van der Waals surface area (Å²) in [7, 11) is 1.57. The predicted molar refractivity (Wildman–Crippen MR) is 114 cm³/mol. The van der Waals surface area contributed by atoms with Crippen LogP contribution < -0.4 is 15.2 Å². The first-order valence-corrected chi connectivity index (χ1v) is 10.2. The smallest absolute Gasteiger partial charge is 0.461 e. The summed E-state index contributed by atoms with van der Waals surface area (Å²) in [4.78, 5) is 25.0. The van der Waals surface area contributed by atoms with Gasteiger partial charge >= 0.3 is 18.2 Å². The lowest BCUT2D eigenvalue weighted by atomic mass is 10.1. The van der Waals surface area contributed by atoms with Crippen LogP contribution in [0.5, 0.6) is 12.0 Å². The third-order valence-electron chi connectivity index (χ3n) is 4.44. The standard InChI is InChI=1S/C21H27N5O5/c1-3-4-12-30-21(27)31-20-23-16-17(22)24-19(29-14-13-28-2)25-18(16)26(20)11-10-15-8-6-5-7-9-15/h5-9H,3-4,10-14H2,1-2H3,(H2,22,24,25). The maximum atomic E-state index is 12.1. The predicted octanol–water partition coefficient (Wildman–Crippen LogP) is 2.99. The zero-order valence-corrected chi connectivity index (χ0v) is 17.7. The number of fused-ring (bicyclic) bond motifs is 1. The van der Waals surface area contributed by atoms with E-state index in [1.807, 2.05) is 37.3 Å². The van der Waals surface area contributed by atoms with Gasteiger partial charge < -0.3 is 24.7 Å². The van der Waals surface area contributed by atoms with Gasteiger partial charge in [-0.05, 0) is 18.4 Å². The van der Waals surface area contributed by atoms with Crippen LogP contribution in [-0.4, -0.2) is 52.6 Å². The number of rotatable bonds is 11. The molecule has 166 valence electrons. The molecule has 31 heavy (non-hydrogen) atoms. The molecule has 0 saturated heterocycles. The molecule has 10 heteroatoms. The number of ether oxygens (including phenoxy) is 4. The highest BCUT2D eigenvalue weighted by Gasteiger charge is 2.21. The quantitative estimate of drug-likeness (QED) is 0.362. The molecule has 2 aromatic heterocycles. The van der Waals surface area contributed by atoms with Crippen LogP contribution in [0.2, 0.25) is 0 Å². The minimum absolute atomic E-state index is 0.0440. The number of carbonyl (C=O) groups is 1. The number of nitrogen functional groups attached to an aromatic ring is 1. The number of methoxy groups -OCH3 is 1. The molecule has 2 heterocycles. The molecule has 0 aliphatic rings. The van der Waals surface area contributed by atoms with Gasteiger partial charge in [0.25, 0.3) is 0 Å². The number of benzene rings is 1. The molecule has 0 fully saturated rings. The van der Waals surface area contributed by atoms with Crippen molar-refractivity contribution in [2.45, 2.75) is 32.7 Å². The van der Waals surface area contributed by atoms with E-state index in [-0.39, 0.29) is 31.1 Å². The van der Waals surface area contributed by atoms with Crippen molar-refractivity contribution >= 4 is 23.1 Å². The molecule has 10 nitrogen and oxygen atoms in total. The van der Waals surface area contributed by atoms with Gasteiger partial charge in [0.15, 0.2) is 17.0 Å². The molecule has 0 bridgehead atoms. The number of anilines is 1. The number of hydrogen-bond acceptors (Lipinski definition) is 9. The molecule has 2 N–H and O–H groups in total. The van der Waals surface area contributed by atoms with Crippen molar-refractivity contribution in [3.8, 4) is 12.0 Å². The number of hydrogen-bond donors (Lipinski definition) is 1. The van der Waals surface area contributed by atoms with E-state index < -0.39 is 6.16 Å². The SMILES string of the molecule is CCCCOC(=O)Oc1nc2c(N)nc(OCCOC)nc2n1CCc1ccccc1. The zero-order chi connectivity index (χ0) is 22.1. The summed E-state index contributed by atoms with van der Waals surface area (Å²) in [6.07, 6.45) is 1.49. The summed E-state index contributed by atoms with van der Waals surface area (Å²) < 4.78 is 22.6. The molecule has 0 saturated carbocycles. The maximum Gasteiger partial charge on any atom is 0.516 e. The number of aryl methyl sites for hydroxylation is 2. The molecular weight excluding hydrogens is 402 g/mol. The molecule has 3 aromatic rings. The minimum atomic E-state index is -0.826. The molecule has 0 unspecified atom stereocenters. The van der Waals surface area contributed by atoms with E-state index in [2.05, 4.69) is 15.0 Å². The van der Waals surface area contributed by atoms with Crippen molar-refractivity contribution in [2.75, 3.05) is 32.7 Å². The molecular formula is C21H27N5O5. The van der Waals surface area contributed by atoms with E-state index in [4.69, 9.17) is 24.7 Å². The normalized spacial score (nSPS) is 10.9. The second kappa shape index (κ2) is 11.1. The molecule has 0 aliphatic carbocycles. The molecule has 0 radical (unpaired) electrons. The van der Waals surface area contributed by atoms with Crippen LogP contribution >= 0.6 is 0 Å². The van der Waals surface area contributed by atoms with Crippen molar-refractivity contribution in [1.82, 2.24) is 19.5 Å². The lowest BCUT2D eigenvalue weighted by Gasteiger charge is -2.10. The average molecular weight is 429 g/mol. The van der Waals surface area contributed by atoms with Crippen molar-refractivity contribution in [2.24, 2.45) is 0 Å². The van der Waals surface area contributed by atoms with Gasteiger partial charge in [-0.15, -0.1) is 0 Å². The summed E-state index contributed by atoms with van der Waals surface area (Å²) in [5.74, 6) is 0.125. The van der Waals surface area contributed by atoms with Gasteiger partial charge in [-0.1, -0.05) is 43.7 Å². The van der Waals surface area contributed by atoms with Crippen LogP contribution in [0.15, 0.2) is 30.3 Å². The Morgan fingerprint density at radius 1 is 1.10 bits per heavy atom. The largest absolute Gasteiger partial charge is 0.516 e. The number of nitrogens with zero attached hydrogens (tertiary/aromatic N) is 4. The van der Waals surface area contributed by atoms with Gasteiger partial charge in [-0.25, -0.2) is 4.79 Å². The van der Waals surface area contributed by atoms with Crippen LogP contribution in [0, 0.1) is 0 Å². The summed E-state index contributed by atoms with van der Waals surface area (Å²) in [5, 5.41) is 0. The van der Waals surface area contributed by atoms with Crippen molar-refractivity contribution in [1.29, 1.82) is 0 Å². The van der Waals surface area contributed by atoms with Crippen molar-refractivity contribution in [3.63, 3.8) is 0 Å². The van der Waals surface area contributed by atoms with Gasteiger partial charge in [-0.2, -0.15) is 15.0 Å². The van der Waals surface area contributed by atoms with E-state index in [0.29, 0.717) is 30.7 Å². The highest BCUT2D eigenvalue weighted by atomic mass is 16.7. The Bertz CT molecular complexity index is 993. The molecule has 0 aliphatic heterocycles. The third kappa shape index (κ3) is 6.05. The highest BCUT2D eigenvalue weighted by Crippen LogP contribution is 2.26. The van der Waals surface area contributed by atoms with Gasteiger partial charge in [0, 0.05) is 13.7 Å². The number of carbonyl (C=O) groups excluding carboxylic acids is 1. The third-order valence-corrected chi connectivity index (χ3v) is 4.44. The Kier molecular flexibility index (Phi) is 7.99. The Hall–Kier alpha value is -3.40. The van der Waals surface area contributed by atoms with E-state index >= 15 is 0 Å². The maximum absolute atomic E-state index is 12.1. The molecule has 0 amide bonds. The van der Waals surface area contributed by atoms with Crippen LogP contribution in [0.1, 0.15) is 25.3 Å². The summed E-state index contributed by atoms with van der Waals surface area (Å²) >= 11 is 0. The fourth-order valence-corrected chi connectivity index (χ4v) is 2.83. The first kappa shape index (κ1) is 22.3. The minimum Gasteiger partial charge on any atom is -0.461 e. The Balaban J connectivity index is 1.89. The molecule has 0 spiro atoms. The van der Waals surface area contributed by atoms with Gasteiger partial charge in [0.2, 0.25) is 0 Å². The van der Waals surface area contributed by atoms with Crippen LogP contribution in [0.4, 0.5) is 10.6 Å². The summed E-state index contributed by atoms with van der Waals surface area (Å²) in [5.41, 5.74) is 7.91. The number of unbranched alkanes of at least 4 members (excludes halogenated alkanes) is 1. The Labute approximate surface area is 180 Å². The van der Waals surface area contributed by atoms with Crippen molar-refractivity contribution < 1.29 is 23.7 Å². The Morgan fingerprint density at radius 3 is 2.65 bits per heavy atom. The van der Waals surface area contributed by atoms with E-state index in [0.717, 1.165) is 18.4 Å². The van der Waals surface area contributed by atoms with Gasteiger partial charge in [0.1, 0.15) is 6.61 Å². The van der Waals surface area contributed by atoms with Gasteiger partial charge in [-0.3, -0.25) is 4.57 Å². The van der Waals surface area contributed by atoms with Crippen LogP contribution in [0.25, 0.3) is 11.2 Å². The van der Waals surface area contributed by atoms with E-state index in [1.165, 1.54) is 0 Å². The topological polar surface area (TPSA) is 124 Å². The second-order valence-electron chi connectivity index (χ2n) is 6.74. The van der Waals surface area contributed by atoms with Gasteiger partial charge in [0.05, 0.1) is 13.2 Å². The highest BCUT2D eigenvalue weighted by molar-refractivity contribution is 5.83. The molecule has 0 atom stereocenters. The molecule has 1 aromatic carbocycles. The second-order valence-corrected chi connectivity index (χ2v) is 6.74. The summed E-state index contributed by atoms with van der Waals surface area (Å²) in [6.45, 7) is 3.38. The number of aromatic nitrogens is 4. The monoisotopic (exact) mass is 429 g/mol. The van der Waals surface area contributed by atoms with Crippen LogP contribution in [-0.2, 0) is 22.4 Å². The lowest BCUT2D eigenvalue weighted by Crippen LogP contribution is -2.15. The first-order chi connectivity index (χ1) is 15.1. The average Bonchev–Trinajstić information content (AvgIpc) is 3.11. The number of imidazole rings is 1. The first-order valence-electron chi connectivity index (χ1n) is 10.2. The Morgan fingerprint density at radius 2 is 1.90 bits per heavy atom. The molecule has 3 rings (SSSR count). The fourth-order valence-electron chi connectivity index (χ4n) is 2.83. The van der Waals surface area contributed by atoms with E-state index in [9.17, 15) is 4.79 Å². The number of nitrogens with two attached hydrogens (primary N) is 1. The summed E-state index contributed by atoms with van der Waals surface area (Å²) in [6, 6.07) is 10.1. The zero-order valence-electron chi connectivity index (χ0n) is 17.7. The fraction of sp³-hybridized carbons (Fsp3) is 0.429.